The van der Waals surface area contributed by atoms with E-state index in [-0.39, 0.29) is 5.95 Å². The summed E-state index contributed by atoms with van der Waals surface area (Å²) in [5.41, 5.74) is 7.77. The van der Waals surface area contributed by atoms with E-state index in [1.54, 1.807) is 21.3 Å². The van der Waals surface area contributed by atoms with Gasteiger partial charge < -0.3 is 30.2 Å². The highest BCUT2D eigenvalue weighted by Gasteiger charge is 2.21. The van der Waals surface area contributed by atoms with Crippen molar-refractivity contribution in [3.63, 3.8) is 0 Å². The molecule has 174 valence electrons. The highest BCUT2D eigenvalue weighted by Crippen LogP contribution is 2.31. The Morgan fingerprint density at radius 1 is 0.879 bits per heavy atom. The number of nitrogens with one attached hydrogen (secondary N) is 1. The third-order valence-corrected chi connectivity index (χ3v) is 5.52. The molecule has 4 rings (SSSR count). The molecule has 1 saturated heterocycles. The Kier molecular flexibility index (Phi) is 6.94. The van der Waals surface area contributed by atoms with Crippen LogP contribution in [0.5, 0.6) is 17.2 Å². The zero-order valence-electron chi connectivity index (χ0n) is 19.1. The molecule has 0 amide bonds. The van der Waals surface area contributed by atoms with E-state index in [1.165, 1.54) is 0 Å². The van der Waals surface area contributed by atoms with E-state index in [0.717, 1.165) is 37.6 Å². The van der Waals surface area contributed by atoms with Crippen LogP contribution in [0.4, 0.5) is 23.3 Å². The van der Waals surface area contributed by atoms with Crippen LogP contribution in [0, 0.1) is 0 Å². The molecule has 2 heterocycles. The van der Waals surface area contributed by atoms with Crippen molar-refractivity contribution in [1.29, 1.82) is 0 Å². The standard InChI is InChI=1S/C23H29N7O3/c1-31-16-8-9-19(32-2)17(14-16)25-23-27-21(26-22(24)28-23)15-29-10-12-30(13-11-29)18-6-4-5-7-20(18)33-3/h4-9,14H,10-13,15H2,1-3H3,(H3,24,25,26,27,28). The van der Waals surface area contributed by atoms with Crippen molar-refractivity contribution in [2.75, 3.05) is 63.5 Å². The van der Waals surface area contributed by atoms with Crippen LogP contribution >= 0.6 is 0 Å². The van der Waals surface area contributed by atoms with Crippen LogP contribution in [-0.2, 0) is 6.54 Å². The predicted octanol–water partition coefficient (Wildman–Crippen LogP) is 2.55. The summed E-state index contributed by atoms with van der Waals surface area (Å²) >= 11 is 0. The van der Waals surface area contributed by atoms with Gasteiger partial charge in [-0.3, -0.25) is 4.90 Å². The monoisotopic (exact) mass is 451 g/mol. The minimum Gasteiger partial charge on any atom is -0.497 e. The molecule has 0 spiro atoms. The molecule has 10 nitrogen and oxygen atoms in total. The van der Waals surface area contributed by atoms with E-state index in [0.29, 0.717) is 35.5 Å². The molecule has 33 heavy (non-hydrogen) atoms. The third-order valence-electron chi connectivity index (χ3n) is 5.52. The number of methoxy groups -OCH3 is 3. The number of benzene rings is 2. The normalized spacial score (nSPS) is 14.1. The number of nitrogens with zero attached hydrogens (tertiary/aromatic N) is 5. The predicted molar refractivity (Wildman–Crippen MR) is 128 cm³/mol. The van der Waals surface area contributed by atoms with E-state index in [2.05, 4.69) is 36.1 Å². The Bertz CT molecular complexity index is 1090. The van der Waals surface area contributed by atoms with Crippen molar-refractivity contribution in [2.45, 2.75) is 6.54 Å². The van der Waals surface area contributed by atoms with Gasteiger partial charge in [0.15, 0.2) is 0 Å². The first-order chi connectivity index (χ1) is 16.1. The lowest BCUT2D eigenvalue weighted by atomic mass is 10.2. The van der Waals surface area contributed by atoms with Crippen molar-refractivity contribution < 1.29 is 14.2 Å². The van der Waals surface area contributed by atoms with E-state index in [1.807, 2.05) is 36.4 Å². The average molecular weight is 452 g/mol. The van der Waals surface area contributed by atoms with Crippen LogP contribution in [0.15, 0.2) is 42.5 Å². The first-order valence-corrected chi connectivity index (χ1v) is 10.7. The molecule has 1 aromatic heterocycles. The van der Waals surface area contributed by atoms with E-state index < -0.39 is 0 Å². The highest BCUT2D eigenvalue weighted by atomic mass is 16.5. The maximum atomic E-state index is 5.98. The number of rotatable bonds is 8. The molecule has 0 atom stereocenters. The number of hydrogen-bond acceptors (Lipinski definition) is 10. The van der Waals surface area contributed by atoms with Crippen LogP contribution < -0.4 is 30.2 Å². The van der Waals surface area contributed by atoms with Gasteiger partial charge in [-0.25, -0.2) is 0 Å². The van der Waals surface area contributed by atoms with Crippen LogP contribution in [0.3, 0.4) is 0 Å². The summed E-state index contributed by atoms with van der Waals surface area (Å²) in [6.45, 7) is 4.09. The molecule has 0 aliphatic carbocycles. The summed E-state index contributed by atoms with van der Waals surface area (Å²) < 4.78 is 16.2. The maximum Gasteiger partial charge on any atom is 0.232 e. The Morgan fingerprint density at radius 3 is 2.36 bits per heavy atom. The Labute approximate surface area is 193 Å². The fourth-order valence-electron chi connectivity index (χ4n) is 3.83. The number of nitrogen functional groups attached to an aromatic ring is 1. The van der Waals surface area contributed by atoms with Crippen molar-refractivity contribution >= 4 is 23.3 Å². The van der Waals surface area contributed by atoms with Crippen LogP contribution in [0.25, 0.3) is 0 Å². The van der Waals surface area contributed by atoms with Crippen molar-refractivity contribution in [1.82, 2.24) is 19.9 Å². The first kappa shape index (κ1) is 22.4. The molecular weight excluding hydrogens is 422 g/mol. The number of piperazine rings is 1. The van der Waals surface area contributed by atoms with E-state index in [4.69, 9.17) is 19.9 Å². The Hall–Kier alpha value is -3.79. The first-order valence-electron chi connectivity index (χ1n) is 10.7. The summed E-state index contributed by atoms with van der Waals surface area (Å²) in [6.07, 6.45) is 0. The van der Waals surface area contributed by atoms with Crippen molar-refractivity contribution in [3.8, 4) is 17.2 Å². The molecule has 3 N–H and O–H groups in total. The molecule has 1 aliphatic rings. The SMILES string of the molecule is COc1ccc(OC)c(Nc2nc(N)nc(CN3CCN(c4ccccc4OC)CC3)n2)c1. The van der Waals surface area contributed by atoms with Gasteiger partial charge in [-0.15, -0.1) is 0 Å². The minimum absolute atomic E-state index is 0.164. The summed E-state index contributed by atoms with van der Waals surface area (Å²) in [6, 6.07) is 13.5. The van der Waals surface area contributed by atoms with E-state index in [9.17, 15) is 0 Å². The minimum atomic E-state index is 0.164. The molecule has 3 aromatic rings. The van der Waals surface area contributed by atoms with Gasteiger partial charge in [-0.05, 0) is 24.3 Å². The van der Waals surface area contributed by atoms with Gasteiger partial charge >= 0.3 is 0 Å². The lowest BCUT2D eigenvalue weighted by molar-refractivity contribution is 0.243. The molecular formula is C23H29N7O3. The zero-order valence-corrected chi connectivity index (χ0v) is 19.1. The highest BCUT2D eigenvalue weighted by molar-refractivity contribution is 5.65. The molecule has 10 heteroatoms. The third kappa shape index (κ3) is 5.35. The zero-order chi connectivity index (χ0) is 23.2. The summed E-state index contributed by atoms with van der Waals surface area (Å²) in [7, 11) is 4.91. The topological polar surface area (TPSA) is 111 Å². The largest absolute Gasteiger partial charge is 0.497 e. The van der Waals surface area contributed by atoms with E-state index >= 15 is 0 Å². The second kappa shape index (κ2) is 10.2. The van der Waals surface area contributed by atoms with Gasteiger partial charge in [0.25, 0.3) is 0 Å². The summed E-state index contributed by atoms with van der Waals surface area (Å²) in [5, 5.41) is 3.17. The second-order valence-electron chi connectivity index (χ2n) is 7.56. The fraction of sp³-hybridized carbons (Fsp3) is 0.348. The molecule has 2 aromatic carbocycles. The molecule has 0 unspecified atom stereocenters. The van der Waals surface area contributed by atoms with Crippen molar-refractivity contribution in [2.24, 2.45) is 0 Å². The number of anilines is 4. The molecule has 0 saturated carbocycles. The molecule has 0 bridgehead atoms. The molecule has 0 radical (unpaired) electrons. The van der Waals surface area contributed by atoms with Gasteiger partial charge in [0.1, 0.15) is 23.1 Å². The van der Waals surface area contributed by atoms with Crippen LogP contribution in [0.1, 0.15) is 5.82 Å². The van der Waals surface area contributed by atoms with Gasteiger partial charge in [0, 0.05) is 32.2 Å². The van der Waals surface area contributed by atoms with Crippen molar-refractivity contribution in [3.05, 3.63) is 48.3 Å². The van der Waals surface area contributed by atoms with Crippen LogP contribution in [0.2, 0.25) is 0 Å². The van der Waals surface area contributed by atoms with Gasteiger partial charge in [-0.1, -0.05) is 12.1 Å². The number of nitrogens with two attached hydrogens (primary N) is 1. The summed E-state index contributed by atoms with van der Waals surface area (Å²) in [4.78, 5) is 17.8. The smallest absolute Gasteiger partial charge is 0.232 e. The van der Waals surface area contributed by atoms with Gasteiger partial charge in [0.2, 0.25) is 11.9 Å². The van der Waals surface area contributed by atoms with Gasteiger partial charge in [0.05, 0.1) is 39.2 Å². The Balaban J connectivity index is 1.43. The summed E-state index contributed by atoms with van der Waals surface area (Å²) in [5.74, 6) is 3.35. The van der Waals surface area contributed by atoms with Gasteiger partial charge in [-0.2, -0.15) is 15.0 Å². The quantitative estimate of drug-likeness (QED) is 0.530. The second-order valence-corrected chi connectivity index (χ2v) is 7.56. The molecule has 1 aliphatic heterocycles. The number of hydrogen-bond donors (Lipinski definition) is 2. The average Bonchev–Trinajstić information content (AvgIpc) is 2.84. The molecule has 1 fully saturated rings. The number of aromatic nitrogens is 3. The number of ether oxygens (including phenoxy) is 3. The maximum absolute atomic E-state index is 5.98. The number of para-hydroxylation sites is 2. The van der Waals surface area contributed by atoms with Crippen LogP contribution in [-0.4, -0.2) is 67.4 Å². The Morgan fingerprint density at radius 2 is 1.64 bits per heavy atom. The lowest BCUT2D eigenvalue weighted by Crippen LogP contribution is -2.46. The fourth-order valence-corrected chi connectivity index (χ4v) is 3.83. The lowest BCUT2D eigenvalue weighted by Gasteiger charge is -2.36.